The summed E-state index contributed by atoms with van der Waals surface area (Å²) >= 11 is 0.791. The van der Waals surface area contributed by atoms with Gasteiger partial charge in [0.05, 0.1) is 5.03 Å². The Bertz CT molecular complexity index is 122. The third-order valence-electron chi connectivity index (χ3n) is 0.421. The molecule has 0 aromatic heterocycles. The summed E-state index contributed by atoms with van der Waals surface area (Å²) < 4.78 is 0. The number of primary amides is 1. The largest absolute Gasteiger partial charge is 0.392 e. The van der Waals surface area contributed by atoms with Gasteiger partial charge in [-0.2, -0.15) is 0 Å². The second kappa shape index (κ2) is 3.34. The van der Waals surface area contributed by atoms with Crippen molar-refractivity contribution >= 4 is 17.9 Å². The summed E-state index contributed by atoms with van der Waals surface area (Å²) in [6, 6.07) is 0. The molecular weight excluding hydrogens is 126 g/mol. The molecule has 5 heteroatoms. The van der Waals surface area contributed by atoms with E-state index in [1.165, 1.54) is 0 Å². The van der Waals surface area contributed by atoms with E-state index in [0.717, 1.165) is 18.0 Å². The molecule has 0 unspecified atom stereocenters. The number of hydrogen-bond donors (Lipinski definition) is 3. The molecule has 0 heterocycles. The van der Waals surface area contributed by atoms with Crippen molar-refractivity contribution in [2.24, 2.45) is 16.6 Å². The molecule has 4 nitrogen and oxygen atoms in total. The fraction of sp³-hybridized carbons (Fsp3) is 0. The predicted molar refractivity (Wildman–Crippen MR) is 33.2 cm³/mol. The van der Waals surface area contributed by atoms with Gasteiger partial charge >= 0.3 is 0 Å². The van der Waals surface area contributed by atoms with E-state index in [1.54, 1.807) is 0 Å². The summed E-state index contributed by atoms with van der Waals surface area (Å²) in [4.78, 5) is 9.97. The lowest BCUT2D eigenvalue weighted by atomic mass is 10.6. The SMILES string of the molecule is NS/C(N)=C\C(N)=O. The van der Waals surface area contributed by atoms with Gasteiger partial charge in [-0.1, -0.05) is 0 Å². The highest BCUT2D eigenvalue weighted by Gasteiger charge is 1.87. The Balaban J connectivity index is 3.75. The van der Waals surface area contributed by atoms with E-state index in [4.69, 9.17) is 16.6 Å². The summed E-state index contributed by atoms with van der Waals surface area (Å²) in [7, 11) is 0. The molecule has 0 radical (unpaired) electrons. The number of carbonyl (C=O) groups excluding carboxylic acids is 1. The molecule has 0 aliphatic heterocycles. The molecule has 0 aromatic carbocycles. The standard InChI is InChI=1S/C3H7N3OS/c4-2(7)1-3(5)8-6/h1H,5-6H2,(H2,4,7)/b3-1-. The minimum Gasteiger partial charge on any atom is -0.392 e. The summed E-state index contributed by atoms with van der Waals surface area (Å²) in [6.45, 7) is 0. The smallest absolute Gasteiger partial charge is 0.244 e. The van der Waals surface area contributed by atoms with Crippen LogP contribution in [0.3, 0.4) is 0 Å². The Hall–Kier alpha value is -0.680. The third-order valence-corrected chi connectivity index (χ3v) is 0.811. The molecule has 46 valence electrons. The van der Waals surface area contributed by atoms with Crippen molar-refractivity contribution in [3.63, 3.8) is 0 Å². The molecule has 0 fully saturated rings. The molecular formula is C3H7N3OS. The van der Waals surface area contributed by atoms with Crippen LogP contribution >= 0.6 is 11.9 Å². The van der Waals surface area contributed by atoms with Crippen LogP contribution in [0, 0.1) is 0 Å². The fourth-order valence-corrected chi connectivity index (χ4v) is 0.358. The second-order valence-electron chi connectivity index (χ2n) is 1.07. The van der Waals surface area contributed by atoms with E-state index in [1.807, 2.05) is 0 Å². The Labute approximate surface area is 51.2 Å². The molecule has 0 rings (SSSR count). The van der Waals surface area contributed by atoms with E-state index >= 15 is 0 Å². The lowest BCUT2D eigenvalue weighted by Gasteiger charge is -1.88. The molecule has 0 aromatic rings. The summed E-state index contributed by atoms with van der Waals surface area (Å²) in [5.41, 5.74) is 9.78. The highest BCUT2D eigenvalue weighted by molar-refractivity contribution is 8.00. The first-order valence-electron chi connectivity index (χ1n) is 1.80. The first kappa shape index (κ1) is 7.32. The minimum absolute atomic E-state index is 0.220. The molecule has 0 aliphatic carbocycles. The highest BCUT2D eigenvalue weighted by Crippen LogP contribution is 1.95. The van der Waals surface area contributed by atoms with E-state index in [2.05, 4.69) is 0 Å². The molecule has 0 atom stereocenters. The number of rotatable bonds is 2. The van der Waals surface area contributed by atoms with E-state index in [9.17, 15) is 4.79 Å². The van der Waals surface area contributed by atoms with Gasteiger partial charge in [-0.15, -0.1) is 0 Å². The van der Waals surface area contributed by atoms with Gasteiger partial charge in [0.15, 0.2) is 0 Å². The van der Waals surface area contributed by atoms with Crippen molar-refractivity contribution in [2.75, 3.05) is 0 Å². The van der Waals surface area contributed by atoms with Gasteiger partial charge in [0.2, 0.25) is 5.91 Å². The van der Waals surface area contributed by atoms with Crippen molar-refractivity contribution in [1.29, 1.82) is 0 Å². The molecule has 6 N–H and O–H groups in total. The van der Waals surface area contributed by atoms with Gasteiger partial charge in [0, 0.05) is 6.08 Å². The van der Waals surface area contributed by atoms with Crippen molar-refractivity contribution in [2.45, 2.75) is 0 Å². The topological polar surface area (TPSA) is 95.1 Å². The zero-order chi connectivity index (χ0) is 6.57. The zero-order valence-electron chi connectivity index (χ0n) is 4.13. The number of hydrogen-bond acceptors (Lipinski definition) is 4. The number of carbonyl (C=O) groups is 1. The first-order valence-corrected chi connectivity index (χ1v) is 2.68. The maximum Gasteiger partial charge on any atom is 0.244 e. The molecule has 0 aliphatic rings. The Morgan fingerprint density at radius 2 is 2.00 bits per heavy atom. The zero-order valence-corrected chi connectivity index (χ0v) is 4.94. The van der Waals surface area contributed by atoms with Gasteiger partial charge in [-0.3, -0.25) is 9.93 Å². The molecule has 0 bridgehead atoms. The lowest BCUT2D eigenvalue weighted by molar-refractivity contribution is -0.113. The van der Waals surface area contributed by atoms with Crippen molar-refractivity contribution in [1.82, 2.24) is 0 Å². The van der Waals surface area contributed by atoms with Crippen LogP contribution in [0.2, 0.25) is 0 Å². The molecule has 0 spiro atoms. The summed E-state index contributed by atoms with van der Waals surface area (Å²) in [5, 5.41) is 5.16. The van der Waals surface area contributed by atoms with Crippen molar-refractivity contribution in [3.05, 3.63) is 11.1 Å². The summed E-state index contributed by atoms with van der Waals surface area (Å²) in [5.74, 6) is -0.583. The fourth-order valence-electron chi connectivity index (χ4n) is 0.174. The van der Waals surface area contributed by atoms with Crippen LogP contribution in [-0.4, -0.2) is 5.91 Å². The Morgan fingerprint density at radius 1 is 1.50 bits per heavy atom. The van der Waals surface area contributed by atoms with Crippen LogP contribution in [0.5, 0.6) is 0 Å². The number of amides is 1. The molecule has 1 amide bonds. The quantitative estimate of drug-likeness (QED) is 0.328. The monoisotopic (exact) mass is 133 g/mol. The van der Waals surface area contributed by atoms with Crippen LogP contribution in [-0.2, 0) is 4.79 Å². The average Bonchev–Trinajstić information content (AvgIpc) is 1.65. The normalized spacial score (nSPS) is 11.4. The molecule has 0 saturated carbocycles. The van der Waals surface area contributed by atoms with Crippen LogP contribution in [0.15, 0.2) is 11.1 Å². The average molecular weight is 133 g/mol. The molecule has 8 heavy (non-hydrogen) atoms. The van der Waals surface area contributed by atoms with E-state index in [-0.39, 0.29) is 5.03 Å². The highest BCUT2D eigenvalue weighted by atomic mass is 32.2. The Kier molecular flexibility index (Phi) is 3.05. The van der Waals surface area contributed by atoms with Crippen LogP contribution < -0.4 is 16.6 Å². The Morgan fingerprint density at radius 3 is 2.12 bits per heavy atom. The predicted octanol–water partition coefficient (Wildman–Crippen LogP) is -1.12. The van der Waals surface area contributed by atoms with Gasteiger partial charge < -0.3 is 11.5 Å². The van der Waals surface area contributed by atoms with E-state index < -0.39 is 5.91 Å². The van der Waals surface area contributed by atoms with Crippen LogP contribution in [0.4, 0.5) is 0 Å². The number of nitrogens with two attached hydrogens (primary N) is 3. The lowest BCUT2D eigenvalue weighted by Crippen LogP contribution is -2.09. The van der Waals surface area contributed by atoms with Crippen LogP contribution in [0.25, 0.3) is 0 Å². The minimum atomic E-state index is -0.583. The van der Waals surface area contributed by atoms with Gasteiger partial charge in [-0.05, 0) is 11.9 Å². The van der Waals surface area contributed by atoms with Crippen molar-refractivity contribution < 1.29 is 4.79 Å². The van der Waals surface area contributed by atoms with Crippen molar-refractivity contribution in [3.8, 4) is 0 Å². The van der Waals surface area contributed by atoms with Gasteiger partial charge in [-0.25, -0.2) is 0 Å². The maximum absolute atomic E-state index is 9.97. The van der Waals surface area contributed by atoms with Gasteiger partial charge in [0.25, 0.3) is 0 Å². The molecule has 0 saturated heterocycles. The maximum atomic E-state index is 9.97. The third kappa shape index (κ3) is 3.51. The summed E-state index contributed by atoms with van der Waals surface area (Å²) in [6.07, 6.45) is 1.06. The second-order valence-corrected chi connectivity index (χ2v) is 1.77. The van der Waals surface area contributed by atoms with E-state index in [0.29, 0.717) is 0 Å². The first-order chi connectivity index (χ1) is 3.66. The van der Waals surface area contributed by atoms with Crippen LogP contribution in [0.1, 0.15) is 0 Å². The van der Waals surface area contributed by atoms with Gasteiger partial charge in [0.1, 0.15) is 0 Å².